The van der Waals surface area contributed by atoms with E-state index in [0.717, 1.165) is 37.8 Å². The summed E-state index contributed by atoms with van der Waals surface area (Å²) in [4.78, 5) is 10.5. The number of rotatable bonds is 3. The first-order valence-corrected chi connectivity index (χ1v) is 8.12. The van der Waals surface area contributed by atoms with Gasteiger partial charge in [-0.1, -0.05) is 5.16 Å². The van der Waals surface area contributed by atoms with E-state index in [1.807, 2.05) is 4.90 Å². The maximum absolute atomic E-state index is 12.9. The molecule has 5 nitrogen and oxygen atoms in total. The molecule has 2 aliphatic rings. The largest absolute Gasteiger partial charge is 0.416 e. The second kappa shape index (κ2) is 5.75. The number of pyridine rings is 1. The van der Waals surface area contributed by atoms with Crippen LogP contribution in [0.4, 0.5) is 19.0 Å². The first-order valence-electron chi connectivity index (χ1n) is 8.12. The lowest BCUT2D eigenvalue weighted by atomic mass is 9.97. The standard InChI is InChI=1S/C16H17F3N4O/c17-16(18,19)12-5-6-20-13(8-12)23-7-1-2-11(9-23)14-21-15(24-22-14)10-3-4-10/h5-6,8,10-11H,1-4,7,9H2. The van der Waals surface area contributed by atoms with Crippen molar-refractivity contribution in [3.63, 3.8) is 0 Å². The molecule has 0 N–H and O–H groups in total. The van der Waals surface area contributed by atoms with Crippen LogP contribution in [-0.4, -0.2) is 28.2 Å². The summed E-state index contributed by atoms with van der Waals surface area (Å²) in [5.41, 5.74) is -0.676. The average molecular weight is 338 g/mol. The first kappa shape index (κ1) is 15.4. The summed E-state index contributed by atoms with van der Waals surface area (Å²) >= 11 is 0. The van der Waals surface area contributed by atoms with Crippen molar-refractivity contribution in [2.24, 2.45) is 0 Å². The van der Waals surface area contributed by atoms with Gasteiger partial charge in [0.15, 0.2) is 5.82 Å². The minimum Gasteiger partial charge on any atom is -0.356 e. The predicted molar refractivity (Wildman–Crippen MR) is 79.7 cm³/mol. The van der Waals surface area contributed by atoms with Gasteiger partial charge in [0, 0.05) is 31.1 Å². The second-order valence-electron chi connectivity index (χ2n) is 6.45. The monoisotopic (exact) mass is 338 g/mol. The smallest absolute Gasteiger partial charge is 0.356 e. The molecule has 0 aromatic carbocycles. The Hall–Kier alpha value is -2.12. The van der Waals surface area contributed by atoms with Crippen molar-refractivity contribution in [1.82, 2.24) is 15.1 Å². The van der Waals surface area contributed by atoms with E-state index in [1.165, 1.54) is 6.20 Å². The zero-order valence-electron chi connectivity index (χ0n) is 13.0. The number of piperidine rings is 1. The molecule has 0 spiro atoms. The van der Waals surface area contributed by atoms with Crippen molar-refractivity contribution in [3.8, 4) is 0 Å². The van der Waals surface area contributed by atoms with Crippen LogP contribution in [0.5, 0.6) is 0 Å². The van der Waals surface area contributed by atoms with Crippen LogP contribution in [0.1, 0.15) is 54.8 Å². The van der Waals surface area contributed by atoms with Crippen LogP contribution in [0, 0.1) is 0 Å². The Morgan fingerprint density at radius 3 is 2.75 bits per heavy atom. The maximum Gasteiger partial charge on any atom is 0.416 e. The molecule has 128 valence electrons. The third kappa shape index (κ3) is 3.09. The molecule has 24 heavy (non-hydrogen) atoms. The summed E-state index contributed by atoms with van der Waals surface area (Å²) in [7, 11) is 0. The van der Waals surface area contributed by atoms with Gasteiger partial charge in [0.2, 0.25) is 5.89 Å². The first-order chi connectivity index (χ1) is 11.5. The Morgan fingerprint density at radius 2 is 2.00 bits per heavy atom. The van der Waals surface area contributed by atoms with E-state index >= 15 is 0 Å². The lowest BCUT2D eigenvalue weighted by molar-refractivity contribution is -0.137. The molecule has 2 fully saturated rings. The normalized spacial score (nSPS) is 22.0. The lowest BCUT2D eigenvalue weighted by Gasteiger charge is -2.32. The number of hydrogen-bond acceptors (Lipinski definition) is 5. The van der Waals surface area contributed by atoms with Crippen LogP contribution in [0.15, 0.2) is 22.9 Å². The Bertz CT molecular complexity index is 726. The van der Waals surface area contributed by atoms with Gasteiger partial charge in [-0.25, -0.2) is 4.98 Å². The van der Waals surface area contributed by atoms with Gasteiger partial charge in [0.1, 0.15) is 5.82 Å². The summed E-state index contributed by atoms with van der Waals surface area (Å²) in [5.74, 6) is 2.16. The molecule has 1 saturated heterocycles. The van der Waals surface area contributed by atoms with Gasteiger partial charge in [-0.15, -0.1) is 0 Å². The fraction of sp³-hybridized carbons (Fsp3) is 0.562. The zero-order chi connectivity index (χ0) is 16.7. The van der Waals surface area contributed by atoms with Crippen molar-refractivity contribution in [1.29, 1.82) is 0 Å². The molecule has 1 aliphatic heterocycles. The topological polar surface area (TPSA) is 55.1 Å². The lowest BCUT2D eigenvalue weighted by Crippen LogP contribution is -2.35. The number of aromatic nitrogens is 3. The highest BCUT2D eigenvalue weighted by molar-refractivity contribution is 5.42. The van der Waals surface area contributed by atoms with E-state index < -0.39 is 11.7 Å². The van der Waals surface area contributed by atoms with E-state index in [1.54, 1.807) is 0 Å². The number of halogens is 3. The molecular formula is C16H17F3N4O. The van der Waals surface area contributed by atoms with Crippen LogP contribution in [-0.2, 0) is 6.18 Å². The Balaban J connectivity index is 1.52. The minimum atomic E-state index is -4.36. The Labute approximate surface area is 136 Å². The third-order valence-corrected chi connectivity index (χ3v) is 4.57. The molecule has 1 aliphatic carbocycles. The van der Waals surface area contributed by atoms with Gasteiger partial charge < -0.3 is 9.42 Å². The van der Waals surface area contributed by atoms with Crippen LogP contribution < -0.4 is 4.90 Å². The van der Waals surface area contributed by atoms with Gasteiger partial charge in [-0.3, -0.25) is 0 Å². The quantitative estimate of drug-likeness (QED) is 0.853. The molecule has 1 unspecified atom stereocenters. The SMILES string of the molecule is FC(F)(F)c1ccnc(N2CCCC(c3noc(C4CC4)n3)C2)c1. The summed E-state index contributed by atoms with van der Waals surface area (Å²) in [5, 5.41) is 4.07. The molecule has 3 heterocycles. The van der Waals surface area contributed by atoms with E-state index in [-0.39, 0.29) is 5.92 Å². The second-order valence-corrected chi connectivity index (χ2v) is 6.45. The average Bonchev–Trinajstić information content (AvgIpc) is 3.31. The molecule has 4 rings (SSSR count). The van der Waals surface area contributed by atoms with Gasteiger partial charge in [-0.2, -0.15) is 18.2 Å². The van der Waals surface area contributed by atoms with Crippen LogP contribution in [0.25, 0.3) is 0 Å². The van der Waals surface area contributed by atoms with E-state index in [4.69, 9.17) is 4.52 Å². The van der Waals surface area contributed by atoms with Gasteiger partial charge in [0.05, 0.1) is 5.56 Å². The number of alkyl halides is 3. The summed E-state index contributed by atoms with van der Waals surface area (Å²) in [6.45, 7) is 1.23. The van der Waals surface area contributed by atoms with E-state index in [2.05, 4.69) is 15.1 Å². The minimum absolute atomic E-state index is 0.0614. The van der Waals surface area contributed by atoms with Crippen molar-refractivity contribution < 1.29 is 17.7 Å². The Kier molecular flexibility index (Phi) is 3.69. The summed E-state index contributed by atoms with van der Waals surface area (Å²) in [6, 6.07) is 2.10. The number of hydrogen-bond donors (Lipinski definition) is 0. The highest BCUT2D eigenvalue weighted by Gasteiger charge is 2.34. The van der Waals surface area contributed by atoms with Gasteiger partial charge >= 0.3 is 6.18 Å². The van der Waals surface area contributed by atoms with E-state index in [0.29, 0.717) is 36.5 Å². The zero-order valence-corrected chi connectivity index (χ0v) is 13.0. The van der Waals surface area contributed by atoms with Crippen LogP contribution >= 0.6 is 0 Å². The highest BCUT2D eigenvalue weighted by atomic mass is 19.4. The predicted octanol–water partition coefficient (Wildman–Crippen LogP) is 3.74. The number of anilines is 1. The molecule has 1 atom stereocenters. The molecule has 2 aromatic heterocycles. The molecule has 0 radical (unpaired) electrons. The van der Waals surface area contributed by atoms with Crippen molar-refractivity contribution in [2.75, 3.05) is 18.0 Å². The highest BCUT2D eigenvalue weighted by Crippen LogP contribution is 2.40. The Morgan fingerprint density at radius 1 is 1.17 bits per heavy atom. The molecule has 1 saturated carbocycles. The van der Waals surface area contributed by atoms with Gasteiger partial charge in [-0.05, 0) is 37.8 Å². The van der Waals surface area contributed by atoms with Crippen LogP contribution in [0.3, 0.4) is 0 Å². The summed E-state index contributed by atoms with van der Waals surface area (Å²) in [6.07, 6.45) is 0.787. The molecular weight excluding hydrogens is 321 g/mol. The maximum atomic E-state index is 12.9. The van der Waals surface area contributed by atoms with Crippen molar-refractivity contribution in [3.05, 3.63) is 35.6 Å². The molecule has 8 heteroatoms. The van der Waals surface area contributed by atoms with Crippen molar-refractivity contribution in [2.45, 2.75) is 43.7 Å². The number of nitrogens with zero attached hydrogens (tertiary/aromatic N) is 4. The fourth-order valence-electron chi connectivity index (χ4n) is 3.07. The van der Waals surface area contributed by atoms with E-state index in [9.17, 15) is 13.2 Å². The summed E-state index contributed by atoms with van der Waals surface area (Å²) < 4.78 is 43.9. The molecule has 0 bridgehead atoms. The molecule has 2 aromatic rings. The molecule has 0 amide bonds. The van der Waals surface area contributed by atoms with Crippen LogP contribution in [0.2, 0.25) is 0 Å². The van der Waals surface area contributed by atoms with Crippen molar-refractivity contribution >= 4 is 5.82 Å². The fourth-order valence-corrected chi connectivity index (χ4v) is 3.07. The third-order valence-electron chi connectivity index (χ3n) is 4.57. The van der Waals surface area contributed by atoms with Gasteiger partial charge in [0.25, 0.3) is 0 Å².